The van der Waals surface area contributed by atoms with Gasteiger partial charge in [0.05, 0.1) is 28.7 Å². The third-order valence-corrected chi connectivity index (χ3v) is 8.24. The quantitative estimate of drug-likeness (QED) is 0.475. The molecule has 35 heavy (non-hydrogen) atoms. The van der Waals surface area contributed by atoms with Crippen molar-refractivity contribution in [2.45, 2.75) is 51.2 Å². The van der Waals surface area contributed by atoms with E-state index in [0.29, 0.717) is 12.2 Å². The van der Waals surface area contributed by atoms with Crippen LogP contribution in [0.2, 0.25) is 0 Å². The lowest BCUT2D eigenvalue weighted by molar-refractivity contribution is 0.0526. The molecule has 1 N–H and O–H groups in total. The van der Waals surface area contributed by atoms with Gasteiger partial charge in [-0.1, -0.05) is 12.1 Å². The van der Waals surface area contributed by atoms with Crippen molar-refractivity contribution in [1.29, 1.82) is 0 Å². The molecule has 8 nitrogen and oxygen atoms in total. The number of nitrogens with one attached hydrogen (secondary N) is 1. The van der Waals surface area contributed by atoms with Gasteiger partial charge in [-0.15, -0.1) is 0 Å². The fourth-order valence-electron chi connectivity index (χ4n) is 4.27. The Labute approximate surface area is 204 Å². The van der Waals surface area contributed by atoms with E-state index in [4.69, 9.17) is 9.47 Å². The largest absolute Gasteiger partial charge is 0.462 e. The number of hydrogen-bond acceptors (Lipinski definition) is 6. The zero-order valence-electron chi connectivity index (χ0n) is 20.2. The Kier molecular flexibility index (Phi) is 7.39. The van der Waals surface area contributed by atoms with E-state index in [9.17, 15) is 18.0 Å². The maximum atomic E-state index is 13.6. The molecule has 9 heteroatoms. The predicted molar refractivity (Wildman–Crippen MR) is 133 cm³/mol. The molecule has 1 aromatic heterocycles. The number of esters is 1. The highest BCUT2D eigenvalue weighted by Gasteiger charge is 2.30. The average Bonchev–Trinajstić information content (AvgIpc) is 3.35. The van der Waals surface area contributed by atoms with Gasteiger partial charge in [0.25, 0.3) is 5.56 Å². The maximum Gasteiger partial charge on any atom is 0.338 e. The molecule has 0 aliphatic carbocycles. The van der Waals surface area contributed by atoms with Gasteiger partial charge in [-0.3, -0.25) is 4.79 Å². The second-order valence-corrected chi connectivity index (χ2v) is 10.7. The molecule has 1 aliphatic heterocycles. The number of nitrogens with zero attached hydrogens (tertiary/aromatic N) is 1. The van der Waals surface area contributed by atoms with Crippen molar-refractivity contribution in [1.82, 2.24) is 9.29 Å². The number of H-pyrrole nitrogens is 1. The molecular formula is C26H30N2O6S. The van der Waals surface area contributed by atoms with Gasteiger partial charge < -0.3 is 14.5 Å². The minimum Gasteiger partial charge on any atom is -0.462 e. The van der Waals surface area contributed by atoms with Crippen LogP contribution in [0.4, 0.5) is 0 Å². The predicted octanol–water partition coefficient (Wildman–Crippen LogP) is 3.69. The number of rotatable bonds is 8. The second-order valence-electron chi connectivity index (χ2n) is 8.77. The Morgan fingerprint density at radius 1 is 1.17 bits per heavy atom. The molecule has 1 fully saturated rings. The first-order valence-electron chi connectivity index (χ1n) is 11.7. The Balaban J connectivity index is 1.69. The molecule has 0 bridgehead atoms. The van der Waals surface area contributed by atoms with Crippen LogP contribution in [-0.4, -0.2) is 49.5 Å². The summed E-state index contributed by atoms with van der Waals surface area (Å²) in [5.41, 5.74) is 3.10. The molecule has 0 amide bonds. The van der Waals surface area contributed by atoms with Crippen LogP contribution in [0.5, 0.6) is 0 Å². The summed E-state index contributed by atoms with van der Waals surface area (Å²) < 4.78 is 39.3. The molecule has 3 aromatic rings. The third-order valence-electron chi connectivity index (χ3n) is 6.41. The topological polar surface area (TPSA) is 106 Å². The first-order chi connectivity index (χ1) is 16.7. The van der Waals surface area contributed by atoms with E-state index in [2.05, 4.69) is 4.98 Å². The normalized spacial score (nSPS) is 16.2. The smallest absolute Gasteiger partial charge is 0.338 e. The molecule has 186 valence electrons. The molecule has 0 saturated carbocycles. The average molecular weight is 499 g/mol. The van der Waals surface area contributed by atoms with Crippen molar-refractivity contribution in [2.75, 3.05) is 19.8 Å². The molecule has 1 atom stereocenters. The van der Waals surface area contributed by atoms with E-state index in [0.717, 1.165) is 34.9 Å². The number of aromatic amines is 1. The van der Waals surface area contributed by atoms with Gasteiger partial charge in [-0.2, -0.15) is 4.31 Å². The van der Waals surface area contributed by atoms with Crippen molar-refractivity contribution < 1.29 is 22.7 Å². The number of pyridine rings is 1. The standard InChI is InChI=1S/C26H30N2O6S/c1-4-33-26(30)19-9-11-23(12-10-19)35(31,32)28(16-22-6-5-13-34-22)15-21-14-20-8-7-17(2)18(3)24(20)27-25(21)29/h7-12,14,22H,4-6,13,15-16H2,1-3H3,(H,27,29). The summed E-state index contributed by atoms with van der Waals surface area (Å²) in [6.07, 6.45) is 1.37. The van der Waals surface area contributed by atoms with Crippen LogP contribution >= 0.6 is 0 Å². The van der Waals surface area contributed by atoms with Crippen LogP contribution < -0.4 is 5.56 Å². The lowest BCUT2D eigenvalue weighted by atomic mass is 10.0. The number of sulfonamides is 1. The Bertz CT molecular complexity index is 1390. The van der Waals surface area contributed by atoms with Crippen molar-refractivity contribution in [3.8, 4) is 0 Å². The number of carbonyl (C=O) groups is 1. The molecule has 2 aromatic carbocycles. The highest BCUT2D eigenvalue weighted by molar-refractivity contribution is 7.89. The summed E-state index contributed by atoms with van der Waals surface area (Å²) in [5, 5.41) is 0.843. The highest BCUT2D eigenvalue weighted by atomic mass is 32.2. The number of ether oxygens (including phenoxy) is 2. The van der Waals surface area contributed by atoms with Gasteiger partial charge in [0, 0.05) is 25.3 Å². The summed E-state index contributed by atoms with van der Waals surface area (Å²) in [4.78, 5) is 27.9. The highest BCUT2D eigenvalue weighted by Crippen LogP contribution is 2.24. The summed E-state index contributed by atoms with van der Waals surface area (Å²) in [6.45, 7) is 6.48. The van der Waals surface area contributed by atoms with Crippen molar-refractivity contribution in [3.05, 3.63) is 75.1 Å². The minimum absolute atomic E-state index is 0.0345. The maximum absolute atomic E-state index is 13.6. The molecule has 0 spiro atoms. The van der Waals surface area contributed by atoms with Crippen LogP contribution in [0, 0.1) is 13.8 Å². The number of aromatic nitrogens is 1. The molecule has 2 heterocycles. The van der Waals surface area contributed by atoms with E-state index >= 15 is 0 Å². The van der Waals surface area contributed by atoms with Crippen molar-refractivity contribution >= 4 is 26.9 Å². The summed E-state index contributed by atoms with van der Waals surface area (Å²) >= 11 is 0. The van der Waals surface area contributed by atoms with Crippen molar-refractivity contribution in [2.24, 2.45) is 0 Å². The monoisotopic (exact) mass is 498 g/mol. The third kappa shape index (κ3) is 5.32. The zero-order chi connectivity index (χ0) is 25.2. The van der Waals surface area contributed by atoms with E-state index in [1.165, 1.54) is 28.6 Å². The Morgan fingerprint density at radius 3 is 2.57 bits per heavy atom. The number of fused-ring (bicyclic) bond motifs is 1. The van der Waals surface area contributed by atoms with Crippen LogP contribution in [0.1, 0.15) is 46.8 Å². The Morgan fingerprint density at radius 2 is 1.91 bits per heavy atom. The molecule has 0 radical (unpaired) electrons. The lowest BCUT2D eigenvalue weighted by Gasteiger charge is -2.25. The fraction of sp³-hybridized carbons (Fsp3) is 0.385. The van der Waals surface area contributed by atoms with E-state index in [-0.39, 0.29) is 41.8 Å². The molecular weight excluding hydrogens is 468 g/mol. The van der Waals surface area contributed by atoms with Crippen LogP contribution in [-0.2, 0) is 26.0 Å². The number of aryl methyl sites for hydroxylation is 2. The molecule has 1 unspecified atom stereocenters. The van der Waals surface area contributed by atoms with E-state index < -0.39 is 16.0 Å². The van der Waals surface area contributed by atoms with Crippen LogP contribution in [0.25, 0.3) is 10.9 Å². The summed E-state index contributed by atoms with van der Waals surface area (Å²) in [5.74, 6) is -0.513. The summed E-state index contributed by atoms with van der Waals surface area (Å²) in [7, 11) is -3.98. The van der Waals surface area contributed by atoms with E-state index in [1.54, 1.807) is 13.0 Å². The van der Waals surface area contributed by atoms with Gasteiger partial charge in [-0.25, -0.2) is 13.2 Å². The Hall–Kier alpha value is -3.01. The van der Waals surface area contributed by atoms with Crippen molar-refractivity contribution in [3.63, 3.8) is 0 Å². The van der Waals surface area contributed by atoms with Crippen LogP contribution in [0.15, 0.2) is 52.2 Å². The fourth-order valence-corrected chi connectivity index (χ4v) is 5.72. The van der Waals surface area contributed by atoms with Gasteiger partial charge in [0.1, 0.15) is 0 Å². The first-order valence-corrected chi connectivity index (χ1v) is 13.2. The van der Waals surface area contributed by atoms with Crippen LogP contribution in [0.3, 0.4) is 0 Å². The lowest BCUT2D eigenvalue weighted by Crippen LogP contribution is -2.38. The second kappa shape index (κ2) is 10.3. The zero-order valence-corrected chi connectivity index (χ0v) is 21.0. The summed E-state index contributed by atoms with van der Waals surface area (Å²) in [6, 6.07) is 11.3. The minimum atomic E-state index is -3.98. The van der Waals surface area contributed by atoms with Gasteiger partial charge in [-0.05, 0) is 80.5 Å². The van der Waals surface area contributed by atoms with Gasteiger partial charge in [0.2, 0.25) is 10.0 Å². The van der Waals surface area contributed by atoms with Gasteiger partial charge in [0.15, 0.2) is 0 Å². The number of hydrogen-bond donors (Lipinski definition) is 1. The first kappa shape index (κ1) is 25.1. The molecule has 4 rings (SSSR count). The van der Waals surface area contributed by atoms with E-state index in [1.807, 2.05) is 26.0 Å². The molecule has 1 aliphatic rings. The molecule has 1 saturated heterocycles. The SMILES string of the molecule is CCOC(=O)c1ccc(S(=O)(=O)N(Cc2cc3ccc(C)c(C)c3[nH]c2=O)CC2CCCO2)cc1. The van der Waals surface area contributed by atoms with Gasteiger partial charge >= 0.3 is 5.97 Å². The number of benzene rings is 2. The number of carbonyl (C=O) groups excluding carboxylic acids is 1.